The molecule has 2 rings (SSSR count). The van der Waals surface area contributed by atoms with Crippen molar-refractivity contribution in [1.29, 1.82) is 0 Å². The fourth-order valence-electron chi connectivity index (χ4n) is 2.54. The molecular formula is C22H27NO5. The van der Waals surface area contributed by atoms with Crippen molar-refractivity contribution in [3.63, 3.8) is 0 Å². The first-order valence-electron chi connectivity index (χ1n) is 9.21. The number of alkyl carbamates (subject to hydrolysis) is 1. The van der Waals surface area contributed by atoms with E-state index in [1.165, 1.54) is 5.56 Å². The Morgan fingerprint density at radius 3 is 2.21 bits per heavy atom. The Kier molecular flexibility index (Phi) is 7.44. The van der Waals surface area contributed by atoms with Crippen LogP contribution in [-0.4, -0.2) is 35.4 Å². The highest BCUT2D eigenvalue weighted by atomic mass is 16.6. The maximum atomic E-state index is 11.8. The highest BCUT2D eigenvalue weighted by molar-refractivity contribution is 5.80. The van der Waals surface area contributed by atoms with Gasteiger partial charge in [0.2, 0.25) is 0 Å². The molecule has 0 radical (unpaired) electrons. The second kappa shape index (κ2) is 9.78. The summed E-state index contributed by atoms with van der Waals surface area (Å²) in [4.78, 5) is 23.3. The molecule has 0 heterocycles. The van der Waals surface area contributed by atoms with Crippen molar-refractivity contribution in [2.24, 2.45) is 0 Å². The largest absolute Gasteiger partial charge is 0.493 e. The van der Waals surface area contributed by atoms with Crippen LogP contribution in [0.2, 0.25) is 0 Å². The molecule has 6 heteroatoms. The molecule has 150 valence electrons. The summed E-state index contributed by atoms with van der Waals surface area (Å²) in [7, 11) is 0. The average Bonchev–Trinajstić information content (AvgIpc) is 2.62. The number of rotatable bonds is 8. The molecule has 0 aromatic heterocycles. The molecule has 0 spiro atoms. The summed E-state index contributed by atoms with van der Waals surface area (Å²) >= 11 is 0. The predicted molar refractivity (Wildman–Crippen MR) is 107 cm³/mol. The van der Waals surface area contributed by atoms with Crippen LogP contribution in [0.15, 0.2) is 54.6 Å². The van der Waals surface area contributed by atoms with Crippen molar-refractivity contribution in [3.8, 4) is 5.75 Å². The van der Waals surface area contributed by atoms with Crippen LogP contribution < -0.4 is 10.1 Å². The molecule has 1 amide bonds. The number of carboxylic acids is 1. The summed E-state index contributed by atoms with van der Waals surface area (Å²) in [5, 5.41) is 11.8. The molecule has 0 saturated heterocycles. The van der Waals surface area contributed by atoms with E-state index in [-0.39, 0.29) is 6.42 Å². The molecule has 2 N–H and O–H groups in total. The zero-order valence-corrected chi connectivity index (χ0v) is 16.5. The molecular weight excluding hydrogens is 358 g/mol. The van der Waals surface area contributed by atoms with Gasteiger partial charge in [0.25, 0.3) is 0 Å². The van der Waals surface area contributed by atoms with Crippen molar-refractivity contribution in [3.05, 3.63) is 65.7 Å². The third-order valence-corrected chi connectivity index (χ3v) is 3.85. The molecule has 0 aliphatic carbocycles. The van der Waals surface area contributed by atoms with Crippen LogP contribution in [0, 0.1) is 0 Å². The first-order valence-corrected chi connectivity index (χ1v) is 9.21. The zero-order valence-electron chi connectivity index (χ0n) is 16.5. The van der Waals surface area contributed by atoms with E-state index in [2.05, 4.69) is 17.4 Å². The van der Waals surface area contributed by atoms with E-state index >= 15 is 0 Å². The van der Waals surface area contributed by atoms with Crippen molar-refractivity contribution < 1.29 is 24.2 Å². The Labute approximate surface area is 165 Å². The Morgan fingerprint density at radius 2 is 1.64 bits per heavy atom. The van der Waals surface area contributed by atoms with Gasteiger partial charge >= 0.3 is 12.1 Å². The van der Waals surface area contributed by atoms with E-state index in [4.69, 9.17) is 9.47 Å². The molecule has 0 saturated carbocycles. The van der Waals surface area contributed by atoms with Crippen LogP contribution >= 0.6 is 0 Å². The number of carbonyl (C=O) groups excluding carboxylic acids is 1. The van der Waals surface area contributed by atoms with Gasteiger partial charge in [0.05, 0.1) is 6.61 Å². The summed E-state index contributed by atoms with van der Waals surface area (Å²) in [6.07, 6.45) is 0.211. The molecule has 0 aliphatic heterocycles. The average molecular weight is 385 g/mol. The molecule has 1 atom stereocenters. The number of ether oxygens (including phenoxy) is 2. The fourth-order valence-corrected chi connectivity index (χ4v) is 2.54. The number of nitrogens with one attached hydrogen (secondary N) is 1. The lowest BCUT2D eigenvalue weighted by molar-refractivity contribution is -0.139. The van der Waals surface area contributed by atoms with Gasteiger partial charge in [-0.05, 0) is 44.0 Å². The van der Waals surface area contributed by atoms with E-state index in [1.807, 2.05) is 18.2 Å². The molecule has 1 unspecified atom stereocenters. The molecule has 28 heavy (non-hydrogen) atoms. The second-order valence-corrected chi connectivity index (χ2v) is 7.47. The Balaban J connectivity index is 1.86. The lowest BCUT2D eigenvalue weighted by atomic mass is 10.1. The SMILES string of the molecule is CC(C)(C)OC(=O)NC(Cc1ccc(OCCc2ccccc2)cc1)C(=O)O. The van der Waals surface area contributed by atoms with E-state index in [9.17, 15) is 14.7 Å². The van der Waals surface area contributed by atoms with Crippen molar-refractivity contribution in [2.75, 3.05) is 6.61 Å². The molecule has 0 bridgehead atoms. The van der Waals surface area contributed by atoms with Gasteiger partial charge in [0, 0.05) is 12.8 Å². The van der Waals surface area contributed by atoms with E-state index < -0.39 is 23.7 Å². The minimum absolute atomic E-state index is 0.152. The summed E-state index contributed by atoms with van der Waals surface area (Å²) in [5.41, 5.74) is 1.29. The van der Waals surface area contributed by atoms with Gasteiger partial charge in [0.1, 0.15) is 17.4 Å². The maximum Gasteiger partial charge on any atom is 0.408 e. The third-order valence-electron chi connectivity index (χ3n) is 3.85. The topological polar surface area (TPSA) is 84.9 Å². The van der Waals surface area contributed by atoms with Gasteiger partial charge in [-0.1, -0.05) is 42.5 Å². The minimum atomic E-state index is -1.12. The molecule has 6 nitrogen and oxygen atoms in total. The monoisotopic (exact) mass is 385 g/mol. The second-order valence-electron chi connectivity index (χ2n) is 7.47. The van der Waals surface area contributed by atoms with Crippen molar-refractivity contribution in [2.45, 2.75) is 45.3 Å². The summed E-state index contributed by atoms with van der Waals surface area (Å²) < 4.78 is 10.9. The number of hydrogen-bond acceptors (Lipinski definition) is 4. The van der Waals surface area contributed by atoms with E-state index in [0.717, 1.165) is 12.0 Å². The standard InChI is InChI=1S/C22H27NO5/c1-22(2,3)28-21(26)23-19(20(24)25)15-17-9-11-18(12-10-17)27-14-13-16-7-5-4-6-8-16/h4-12,19H,13-15H2,1-3H3,(H,23,26)(H,24,25). The van der Waals surface area contributed by atoms with Crippen LogP contribution in [-0.2, 0) is 22.4 Å². The third kappa shape index (κ3) is 7.70. The molecule has 0 fully saturated rings. The van der Waals surface area contributed by atoms with Gasteiger partial charge in [-0.15, -0.1) is 0 Å². The highest BCUT2D eigenvalue weighted by Gasteiger charge is 2.24. The van der Waals surface area contributed by atoms with Crippen LogP contribution in [0.1, 0.15) is 31.9 Å². The molecule has 2 aromatic carbocycles. The van der Waals surface area contributed by atoms with Crippen molar-refractivity contribution >= 4 is 12.1 Å². The van der Waals surface area contributed by atoms with Gasteiger partial charge in [-0.3, -0.25) is 0 Å². The quantitative estimate of drug-likeness (QED) is 0.721. The lowest BCUT2D eigenvalue weighted by Gasteiger charge is -2.22. The first kappa shape index (κ1) is 21.3. The predicted octanol–water partition coefficient (Wildman–Crippen LogP) is 3.83. The van der Waals surface area contributed by atoms with Gasteiger partial charge in [-0.25, -0.2) is 9.59 Å². The number of carbonyl (C=O) groups is 2. The van der Waals surface area contributed by atoms with Crippen LogP contribution in [0.4, 0.5) is 4.79 Å². The first-order chi connectivity index (χ1) is 13.2. The van der Waals surface area contributed by atoms with Gasteiger partial charge < -0.3 is 19.9 Å². The van der Waals surface area contributed by atoms with Crippen LogP contribution in [0.3, 0.4) is 0 Å². The van der Waals surface area contributed by atoms with Crippen LogP contribution in [0.25, 0.3) is 0 Å². The van der Waals surface area contributed by atoms with Gasteiger partial charge in [-0.2, -0.15) is 0 Å². The molecule has 2 aromatic rings. The van der Waals surface area contributed by atoms with Gasteiger partial charge in [0.15, 0.2) is 0 Å². The highest BCUT2D eigenvalue weighted by Crippen LogP contribution is 2.15. The normalized spacial score (nSPS) is 12.1. The summed E-state index contributed by atoms with van der Waals surface area (Å²) in [5.74, 6) is -0.402. The number of amides is 1. The van der Waals surface area contributed by atoms with Crippen LogP contribution in [0.5, 0.6) is 5.75 Å². The summed E-state index contributed by atoms with van der Waals surface area (Å²) in [6.45, 7) is 5.72. The summed E-state index contributed by atoms with van der Waals surface area (Å²) in [6, 6.07) is 16.2. The number of benzene rings is 2. The lowest BCUT2D eigenvalue weighted by Crippen LogP contribution is -2.44. The Morgan fingerprint density at radius 1 is 1.00 bits per heavy atom. The fraction of sp³-hybridized carbons (Fsp3) is 0.364. The minimum Gasteiger partial charge on any atom is -0.493 e. The number of carboxylic acid groups (broad SMARTS) is 1. The van der Waals surface area contributed by atoms with E-state index in [1.54, 1.807) is 45.0 Å². The van der Waals surface area contributed by atoms with Crippen molar-refractivity contribution in [1.82, 2.24) is 5.32 Å². The Bertz CT molecular complexity index is 766. The maximum absolute atomic E-state index is 11.8. The Hall–Kier alpha value is -3.02. The number of hydrogen-bond donors (Lipinski definition) is 2. The number of aliphatic carboxylic acids is 1. The zero-order chi connectivity index (χ0) is 20.6. The van der Waals surface area contributed by atoms with E-state index in [0.29, 0.717) is 12.4 Å². The smallest absolute Gasteiger partial charge is 0.408 e. The molecule has 0 aliphatic rings.